The van der Waals surface area contributed by atoms with Crippen molar-refractivity contribution in [3.63, 3.8) is 0 Å². The summed E-state index contributed by atoms with van der Waals surface area (Å²) >= 11 is 0. The Kier molecular flexibility index (Phi) is 6.17. The standard InChI is InChI=1S/C25H29N3O2/c1-18(29)28-14-11-20(12-15-28)16-19-6-8-21(9-7-19)25(30)26-13-10-22-17-27-24-5-3-2-4-23(22)24/h2-9,17,20,27H,10-16H2,1H3,(H,26,30). The van der Waals surface area contributed by atoms with Gasteiger partial charge < -0.3 is 15.2 Å². The number of benzene rings is 2. The topological polar surface area (TPSA) is 65.2 Å². The molecule has 5 nitrogen and oxygen atoms in total. The van der Waals surface area contributed by atoms with Crippen LogP contribution in [0.4, 0.5) is 0 Å². The van der Waals surface area contributed by atoms with E-state index in [1.807, 2.05) is 35.4 Å². The summed E-state index contributed by atoms with van der Waals surface area (Å²) < 4.78 is 0. The van der Waals surface area contributed by atoms with Crippen LogP contribution in [0.15, 0.2) is 54.7 Å². The number of amides is 2. The van der Waals surface area contributed by atoms with E-state index in [1.165, 1.54) is 16.5 Å². The molecule has 3 aromatic rings. The molecule has 0 radical (unpaired) electrons. The summed E-state index contributed by atoms with van der Waals surface area (Å²) in [6, 6.07) is 16.2. The third-order valence-electron chi connectivity index (χ3n) is 6.16. The summed E-state index contributed by atoms with van der Waals surface area (Å²) in [6.07, 6.45) is 5.93. The number of carbonyl (C=O) groups excluding carboxylic acids is 2. The van der Waals surface area contributed by atoms with Gasteiger partial charge in [-0.1, -0.05) is 30.3 Å². The van der Waals surface area contributed by atoms with E-state index in [9.17, 15) is 9.59 Å². The number of para-hydroxylation sites is 1. The molecule has 5 heteroatoms. The van der Waals surface area contributed by atoms with Crippen molar-refractivity contribution < 1.29 is 9.59 Å². The van der Waals surface area contributed by atoms with Crippen molar-refractivity contribution >= 4 is 22.7 Å². The Morgan fingerprint density at radius 2 is 1.80 bits per heavy atom. The van der Waals surface area contributed by atoms with E-state index in [0.29, 0.717) is 18.0 Å². The maximum atomic E-state index is 12.5. The number of hydrogen-bond acceptors (Lipinski definition) is 2. The van der Waals surface area contributed by atoms with Crippen molar-refractivity contribution in [2.75, 3.05) is 19.6 Å². The number of aromatic amines is 1. The van der Waals surface area contributed by atoms with Gasteiger partial charge >= 0.3 is 0 Å². The molecular weight excluding hydrogens is 374 g/mol. The minimum Gasteiger partial charge on any atom is -0.361 e. The van der Waals surface area contributed by atoms with E-state index in [-0.39, 0.29) is 11.8 Å². The Balaban J connectivity index is 1.25. The van der Waals surface area contributed by atoms with E-state index in [2.05, 4.69) is 34.6 Å². The maximum absolute atomic E-state index is 12.5. The van der Waals surface area contributed by atoms with E-state index in [1.54, 1.807) is 6.92 Å². The highest BCUT2D eigenvalue weighted by Crippen LogP contribution is 2.22. The molecule has 1 fully saturated rings. The van der Waals surface area contributed by atoms with Gasteiger partial charge in [-0.2, -0.15) is 0 Å². The average Bonchev–Trinajstić information content (AvgIpc) is 3.18. The van der Waals surface area contributed by atoms with Gasteiger partial charge in [0.25, 0.3) is 5.91 Å². The van der Waals surface area contributed by atoms with Gasteiger partial charge in [-0.15, -0.1) is 0 Å². The van der Waals surface area contributed by atoms with Gasteiger partial charge in [-0.25, -0.2) is 0 Å². The average molecular weight is 404 g/mol. The largest absolute Gasteiger partial charge is 0.361 e. The van der Waals surface area contributed by atoms with Crippen molar-refractivity contribution in [3.05, 3.63) is 71.4 Å². The Labute approximate surface area is 177 Å². The molecule has 1 saturated heterocycles. The van der Waals surface area contributed by atoms with Gasteiger partial charge in [-0.05, 0) is 60.9 Å². The van der Waals surface area contributed by atoms with Crippen molar-refractivity contribution in [3.8, 4) is 0 Å². The van der Waals surface area contributed by atoms with Crippen LogP contribution in [0.2, 0.25) is 0 Å². The van der Waals surface area contributed by atoms with Crippen LogP contribution < -0.4 is 5.32 Å². The molecule has 0 unspecified atom stereocenters. The van der Waals surface area contributed by atoms with Crippen LogP contribution in [0.1, 0.15) is 41.3 Å². The summed E-state index contributed by atoms with van der Waals surface area (Å²) in [7, 11) is 0. The molecule has 2 aromatic carbocycles. The Morgan fingerprint density at radius 3 is 2.53 bits per heavy atom. The normalized spacial score (nSPS) is 14.8. The van der Waals surface area contributed by atoms with Crippen LogP contribution in [-0.4, -0.2) is 41.3 Å². The summed E-state index contributed by atoms with van der Waals surface area (Å²) in [5.74, 6) is 0.751. The second kappa shape index (κ2) is 9.16. The maximum Gasteiger partial charge on any atom is 0.251 e. The van der Waals surface area contributed by atoms with Gasteiger partial charge in [0.1, 0.15) is 0 Å². The number of H-pyrrole nitrogens is 1. The number of piperidine rings is 1. The lowest BCUT2D eigenvalue weighted by Gasteiger charge is -2.31. The molecule has 0 spiro atoms. The Morgan fingerprint density at radius 1 is 1.07 bits per heavy atom. The lowest BCUT2D eigenvalue weighted by Crippen LogP contribution is -2.37. The van der Waals surface area contributed by atoms with E-state index in [4.69, 9.17) is 0 Å². The van der Waals surface area contributed by atoms with E-state index >= 15 is 0 Å². The molecule has 0 saturated carbocycles. The molecular formula is C25H29N3O2. The second-order valence-corrected chi connectivity index (χ2v) is 8.22. The molecule has 0 bridgehead atoms. The fraction of sp³-hybridized carbons (Fsp3) is 0.360. The third-order valence-corrected chi connectivity index (χ3v) is 6.16. The van der Waals surface area contributed by atoms with Gasteiger partial charge in [0.2, 0.25) is 5.91 Å². The number of nitrogens with zero attached hydrogens (tertiary/aromatic N) is 1. The van der Waals surface area contributed by atoms with Crippen LogP contribution in [0.5, 0.6) is 0 Å². The predicted molar refractivity (Wildman–Crippen MR) is 119 cm³/mol. The first-order valence-electron chi connectivity index (χ1n) is 10.8. The zero-order valence-corrected chi connectivity index (χ0v) is 17.5. The minimum atomic E-state index is -0.0313. The monoisotopic (exact) mass is 403 g/mol. The first kappa shape index (κ1) is 20.2. The van der Waals surface area contributed by atoms with Crippen LogP contribution >= 0.6 is 0 Å². The molecule has 1 aliphatic heterocycles. The quantitative estimate of drug-likeness (QED) is 0.655. The Hall–Kier alpha value is -3.08. The van der Waals surface area contributed by atoms with Crippen molar-refractivity contribution in [1.82, 2.24) is 15.2 Å². The van der Waals surface area contributed by atoms with Crippen molar-refractivity contribution in [1.29, 1.82) is 0 Å². The zero-order chi connectivity index (χ0) is 20.9. The number of nitrogens with one attached hydrogen (secondary N) is 2. The van der Waals surface area contributed by atoms with E-state index in [0.717, 1.165) is 44.3 Å². The van der Waals surface area contributed by atoms with Crippen LogP contribution in [0, 0.1) is 5.92 Å². The van der Waals surface area contributed by atoms with Gasteiger partial charge in [0.05, 0.1) is 0 Å². The molecule has 2 N–H and O–H groups in total. The molecule has 30 heavy (non-hydrogen) atoms. The third kappa shape index (κ3) is 4.73. The fourth-order valence-corrected chi connectivity index (χ4v) is 4.33. The molecule has 0 atom stereocenters. The van der Waals surface area contributed by atoms with Crippen LogP contribution in [0.3, 0.4) is 0 Å². The highest BCUT2D eigenvalue weighted by atomic mass is 16.2. The summed E-state index contributed by atoms with van der Waals surface area (Å²) in [4.78, 5) is 29.1. The van der Waals surface area contributed by atoms with Gasteiger partial charge in [0.15, 0.2) is 0 Å². The number of rotatable bonds is 6. The molecule has 1 aromatic heterocycles. The van der Waals surface area contributed by atoms with Crippen molar-refractivity contribution in [2.24, 2.45) is 5.92 Å². The SMILES string of the molecule is CC(=O)N1CCC(Cc2ccc(C(=O)NCCc3c[nH]c4ccccc34)cc2)CC1. The molecule has 0 aliphatic carbocycles. The molecule has 156 valence electrons. The van der Waals surface area contributed by atoms with Crippen molar-refractivity contribution in [2.45, 2.75) is 32.6 Å². The minimum absolute atomic E-state index is 0.0313. The Bertz CT molecular complexity index is 1010. The molecule has 2 amide bonds. The molecule has 2 heterocycles. The zero-order valence-electron chi connectivity index (χ0n) is 17.5. The highest BCUT2D eigenvalue weighted by Gasteiger charge is 2.20. The lowest BCUT2D eigenvalue weighted by molar-refractivity contribution is -0.130. The fourth-order valence-electron chi connectivity index (χ4n) is 4.33. The summed E-state index contributed by atoms with van der Waals surface area (Å²) in [5.41, 5.74) is 4.30. The second-order valence-electron chi connectivity index (χ2n) is 8.22. The van der Waals surface area contributed by atoms with Gasteiger partial charge in [0, 0.05) is 49.2 Å². The number of likely N-dealkylation sites (tertiary alicyclic amines) is 1. The van der Waals surface area contributed by atoms with Crippen LogP contribution in [0.25, 0.3) is 10.9 Å². The highest BCUT2D eigenvalue weighted by molar-refractivity contribution is 5.94. The number of hydrogen-bond donors (Lipinski definition) is 2. The number of aromatic nitrogens is 1. The van der Waals surface area contributed by atoms with Crippen LogP contribution in [-0.2, 0) is 17.6 Å². The van der Waals surface area contributed by atoms with Gasteiger partial charge in [-0.3, -0.25) is 9.59 Å². The molecule has 4 rings (SSSR count). The summed E-state index contributed by atoms with van der Waals surface area (Å²) in [6.45, 7) is 3.97. The first-order valence-corrected chi connectivity index (χ1v) is 10.8. The lowest BCUT2D eigenvalue weighted by atomic mass is 9.90. The number of fused-ring (bicyclic) bond motifs is 1. The predicted octanol–water partition coefficient (Wildman–Crippen LogP) is 3.94. The summed E-state index contributed by atoms with van der Waals surface area (Å²) in [5, 5.41) is 4.24. The van der Waals surface area contributed by atoms with E-state index < -0.39 is 0 Å². The number of carbonyl (C=O) groups is 2. The smallest absolute Gasteiger partial charge is 0.251 e. The molecule has 1 aliphatic rings. The first-order chi connectivity index (χ1) is 14.6.